The Morgan fingerprint density at radius 3 is 2.56 bits per heavy atom. The normalized spacial score (nSPS) is 10.9. The van der Waals surface area contributed by atoms with Crippen LogP contribution in [-0.4, -0.2) is 36.6 Å². The number of ether oxygens (including phenoxy) is 1. The second-order valence-electron chi connectivity index (χ2n) is 5.65. The Bertz CT molecular complexity index is 732. The second kappa shape index (κ2) is 12.7. The Labute approximate surface area is 181 Å². The van der Waals surface area contributed by atoms with Crippen LogP contribution in [-0.2, 0) is 17.7 Å². The van der Waals surface area contributed by atoms with E-state index in [9.17, 15) is 4.79 Å². The standard InChI is InChI=1S/C19H26N4O2S.HI/c1-4-20-19(21-11-10-17-13-26-14(3)23-17)22-12-15-6-8-16(9-7-15)18(24)25-5-2;/h6-9,13H,4-5,10-12H2,1-3H3,(H2,20,21,22);1H. The highest BCUT2D eigenvalue weighted by Crippen LogP contribution is 2.08. The van der Waals surface area contributed by atoms with E-state index >= 15 is 0 Å². The third kappa shape index (κ3) is 8.25. The lowest BCUT2D eigenvalue weighted by Crippen LogP contribution is -2.38. The molecule has 6 nitrogen and oxygen atoms in total. The molecule has 0 aliphatic carbocycles. The number of benzene rings is 1. The van der Waals surface area contributed by atoms with Gasteiger partial charge in [0.15, 0.2) is 5.96 Å². The molecule has 1 aromatic carbocycles. The molecule has 27 heavy (non-hydrogen) atoms. The van der Waals surface area contributed by atoms with E-state index in [0.717, 1.165) is 41.7 Å². The van der Waals surface area contributed by atoms with Gasteiger partial charge < -0.3 is 15.4 Å². The van der Waals surface area contributed by atoms with Crippen LogP contribution in [0.3, 0.4) is 0 Å². The minimum Gasteiger partial charge on any atom is -0.462 e. The van der Waals surface area contributed by atoms with Crippen LogP contribution in [0.5, 0.6) is 0 Å². The summed E-state index contributed by atoms with van der Waals surface area (Å²) in [5, 5.41) is 9.74. The first-order valence-electron chi connectivity index (χ1n) is 8.81. The topological polar surface area (TPSA) is 75.6 Å². The molecule has 0 saturated carbocycles. The van der Waals surface area contributed by atoms with Crippen molar-refractivity contribution >= 4 is 47.2 Å². The number of aliphatic imine (C=N–C) groups is 1. The quantitative estimate of drug-likeness (QED) is 0.250. The molecule has 1 heterocycles. The molecule has 2 rings (SSSR count). The molecule has 0 saturated heterocycles. The zero-order valence-electron chi connectivity index (χ0n) is 15.9. The molecule has 0 amide bonds. The number of carbonyl (C=O) groups is 1. The van der Waals surface area contributed by atoms with Gasteiger partial charge >= 0.3 is 5.97 Å². The predicted molar refractivity (Wildman–Crippen MR) is 121 cm³/mol. The van der Waals surface area contributed by atoms with Gasteiger partial charge in [0, 0.05) is 24.9 Å². The number of nitrogens with one attached hydrogen (secondary N) is 2. The summed E-state index contributed by atoms with van der Waals surface area (Å²) in [7, 11) is 0. The zero-order valence-corrected chi connectivity index (χ0v) is 19.1. The van der Waals surface area contributed by atoms with Crippen LogP contribution in [0.2, 0.25) is 0 Å². The van der Waals surface area contributed by atoms with Gasteiger partial charge in [-0.05, 0) is 38.5 Å². The Morgan fingerprint density at radius 2 is 1.96 bits per heavy atom. The van der Waals surface area contributed by atoms with Crippen LogP contribution < -0.4 is 10.6 Å². The summed E-state index contributed by atoms with van der Waals surface area (Å²) in [6.07, 6.45) is 0.864. The number of hydrogen-bond donors (Lipinski definition) is 2. The van der Waals surface area contributed by atoms with Crippen molar-refractivity contribution in [3.05, 3.63) is 51.5 Å². The first kappa shape index (κ1) is 23.4. The molecule has 1 aromatic heterocycles. The summed E-state index contributed by atoms with van der Waals surface area (Å²) in [6, 6.07) is 7.34. The van der Waals surface area contributed by atoms with Crippen molar-refractivity contribution in [3.8, 4) is 0 Å². The van der Waals surface area contributed by atoms with Gasteiger partial charge in [0.1, 0.15) is 0 Å². The maximum Gasteiger partial charge on any atom is 0.338 e. The number of nitrogens with zero attached hydrogens (tertiary/aromatic N) is 2. The highest BCUT2D eigenvalue weighted by Gasteiger charge is 2.05. The number of aryl methyl sites for hydroxylation is 1. The van der Waals surface area contributed by atoms with Gasteiger partial charge in [-0.3, -0.25) is 0 Å². The molecular formula is C19H27IN4O2S. The van der Waals surface area contributed by atoms with E-state index in [1.807, 2.05) is 26.0 Å². The fourth-order valence-electron chi connectivity index (χ4n) is 2.30. The number of rotatable bonds is 8. The number of carbonyl (C=O) groups excluding carboxylic acids is 1. The summed E-state index contributed by atoms with van der Waals surface area (Å²) in [5.74, 6) is 0.476. The van der Waals surface area contributed by atoms with Crippen LogP contribution in [0.4, 0.5) is 0 Å². The fourth-order valence-corrected chi connectivity index (χ4v) is 2.95. The van der Waals surface area contributed by atoms with Crippen LogP contribution >= 0.6 is 35.3 Å². The molecule has 148 valence electrons. The van der Waals surface area contributed by atoms with Gasteiger partial charge in [-0.2, -0.15) is 0 Å². The molecule has 8 heteroatoms. The van der Waals surface area contributed by atoms with E-state index in [1.54, 1.807) is 30.4 Å². The van der Waals surface area contributed by atoms with Gasteiger partial charge in [-0.25, -0.2) is 14.8 Å². The Morgan fingerprint density at radius 1 is 1.22 bits per heavy atom. The minimum atomic E-state index is -0.296. The highest BCUT2D eigenvalue weighted by atomic mass is 127. The van der Waals surface area contributed by atoms with Crippen molar-refractivity contribution in [2.24, 2.45) is 4.99 Å². The van der Waals surface area contributed by atoms with Crippen molar-refractivity contribution in [3.63, 3.8) is 0 Å². The Balaban J connectivity index is 0.00000364. The van der Waals surface area contributed by atoms with E-state index in [0.29, 0.717) is 18.7 Å². The molecular weight excluding hydrogens is 475 g/mol. The van der Waals surface area contributed by atoms with E-state index in [4.69, 9.17) is 4.74 Å². The smallest absolute Gasteiger partial charge is 0.338 e. The van der Waals surface area contributed by atoms with Crippen LogP contribution in [0.15, 0.2) is 34.6 Å². The molecule has 0 bridgehead atoms. The van der Waals surface area contributed by atoms with E-state index in [-0.39, 0.29) is 29.9 Å². The van der Waals surface area contributed by atoms with Crippen molar-refractivity contribution in [2.45, 2.75) is 33.7 Å². The lowest BCUT2D eigenvalue weighted by Gasteiger charge is -2.11. The molecule has 0 fully saturated rings. The maximum absolute atomic E-state index is 11.7. The second-order valence-corrected chi connectivity index (χ2v) is 6.71. The highest BCUT2D eigenvalue weighted by molar-refractivity contribution is 14.0. The van der Waals surface area contributed by atoms with E-state index in [1.165, 1.54) is 0 Å². The van der Waals surface area contributed by atoms with E-state index < -0.39 is 0 Å². The molecule has 0 spiro atoms. The van der Waals surface area contributed by atoms with Gasteiger partial charge in [0.05, 0.1) is 29.4 Å². The van der Waals surface area contributed by atoms with Crippen LogP contribution in [0.1, 0.15) is 40.5 Å². The first-order valence-corrected chi connectivity index (χ1v) is 9.69. The summed E-state index contributed by atoms with van der Waals surface area (Å²) in [4.78, 5) is 20.7. The first-order chi connectivity index (χ1) is 12.6. The monoisotopic (exact) mass is 502 g/mol. The average Bonchev–Trinajstić information content (AvgIpc) is 3.05. The number of guanidine groups is 1. The lowest BCUT2D eigenvalue weighted by atomic mass is 10.1. The molecule has 2 aromatic rings. The van der Waals surface area contributed by atoms with Crippen molar-refractivity contribution in [1.29, 1.82) is 0 Å². The van der Waals surface area contributed by atoms with E-state index in [2.05, 4.69) is 26.0 Å². The number of halogens is 1. The third-order valence-corrected chi connectivity index (χ3v) is 4.39. The summed E-state index contributed by atoms with van der Waals surface area (Å²) in [6.45, 7) is 8.33. The zero-order chi connectivity index (χ0) is 18.8. The number of thiazole rings is 1. The van der Waals surface area contributed by atoms with Gasteiger partial charge in [-0.1, -0.05) is 12.1 Å². The lowest BCUT2D eigenvalue weighted by molar-refractivity contribution is 0.0526. The minimum absolute atomic E-state index is 0. The number of hydrogen-bond acceptors (Lipinski definition) is 5. The molecule has 0 atom stereocenters. The summed E-state index contributed by atoms with van der Waals surface area (Å²) in [5.41, 5.74) is 2.69. The largest absolute Gasteiger partial charge is 0.462 e. The molecule has 0 aliphatic heterocycles. The SMILES string of the molecule is CCNC(=NCc1ccc(C(=O)OCC)cc1)NCCc1csc(C)n1.I. The van der Waals surface area contributed by atoms with Crippen molar-refractivity contribution in [1.82, 2.24) is 15.6 Å². The molecule has 0 unspecified atom stereocenters. The van der Waals surface area contributed by atoms with Crippen molar-refractivity contribution in [2.75, 3.05) is 19.7 Å². The summed E-state index contributed by atoms with van der Waals surface area (Å²) >= 11 is 1.67. The maximum atomic E-state index is 11.7. The predicted octanol–water partition coefficient (Wildman–Crippen LogP) is 3.54. The Kier molecular flexibility index (Phi) is 11.0. The van der Waals surface area contributed by atoms with Gasteiger partial charge in [0.2, 0.25) is 0 Å². The van der Waals surface area contributed by atoms with Crippen LogP contribution in [0.25, 0.3) is 0 Å². The third-order valence-electron chi connectivity index (χ3n) is 3.57. The van der Waals surface area contributed by atoms with Gasteiger partial charge in [-0.15, -0.1) is 35.3 Å². The molecule has 0 aliphatic rings. The number of aromatic nitrogens is 1. The van der Waals surface area contributed by atoms with Gasteiger partial charge in [0.25, 0.3) is 0 Å². The van der Waals surface area contributed by atoms with Crippen LogP contribution in [0, 0.1) is 6.92 Å². The molecule has 2 N–H and O–H groups in total. The molecule has 0 radical (unpaired) electrons. The Hall–Kier alpha value is -1.68. The number of esters is 1. The summed E-state index contributed by atoms with van der Waals surface area (Å²) < 4.78 is 4.99. The average molecular weight is 502 g/mol. The fraction of sp³-hybridized carbons (Fsp3) is 0.421. The van der Waals surface area contributed by atoms with Crippen molar-refractivity contribution < 1.29 is 9.53 Å².